The van der Waals surface area contributed by atoms with E-state index in [-0.39, 0.29) is 33.2 Å². The number of carbonyl (C=O) groups is 3. The molecule has 4 N–H and O–H groups in total. The number of nitrogen functional groups attached to an aromatic ring is 1. The third-order valence-electron chi connectivity index (χ3n) is 3.39. The van der Waals surface area contributed by atoms with Crippen LogP contribution < -0.4 is 16.6 Å². The van der Waals surface area contributed by atoms with Gasteiger partial charge in [-0.25, -0.2) is 4.79 Å². The third-order valence-corrected chi connectivity index (χ3v) is 3.72. The standard InChI is InChI=1S/C14H8ClN3O5/c15-8-2-1-5(3-6(8)14(22)23)18-9(19)4-7-10(11(18)16)13(21)17-12(7)20/h1-4H,16H2,(H,22,23)(H,17,20,21). The Labute approximate surface area is 133 Å². The van der Waals surface area contributed by atoms with E-state index >= 15 is 0 Å². The number of pyridine rings is 1. The summed E-state index contributed by atoms with van der Waals surface area (Å²) in [5.41, 5.74) is 4.83. The predicted octanol–water partition coefficient (Wildman–Crippen LogP) is 0.655. The van der Waals surface area contributed by atoms with Gasteiger partial charge in [0.1, 0.15) is 5.82 Å². The first-order valence-electron chi connectivity index (χ1n) is 6.25. The minimum absolute atomic E-state index is 0.0121. The molecule has 0 saturated heterocycles. The zero-order valence-corrected chi connectivity index (χ0v) is 12.0. The van der Waals surface area contributed by atoms with Gasteiger partial charge in [-0.15, -0.1) is 0 Å². The molecule has 1 aliphatic rings. The first kappa shape index (κ1) is 14.8. The maximum absolute atomic E-state index is 12.2. The lowest BCUT2D eigenvalue weighted by molar-refractivity contribution is 0.0696. The molecule has 1 aromatic heterocycles. The van der Waals surface area contributed by atoms with Crippen molar-refractivity contribution in [2.75, 3.05) is 5.73 Å². The number of carboxylic acid groups (broad SMARTS) is 1. The van der Waals surface area contributed by atoms with E-state index in [4.69, 9.17) is 22.4 Å². The fraction of sp³-hybridized carbons (Fsp3) is 0. The van der Waals surface area contributed by atoms with Gasteiger partial charge < -0.3 is 10.8 Å². The first-order chi connectivity index (χ1) is 10.8. The average molecular weight is 334 g/mol. The van der Waals surface area contributed by atoms with Crippen LogP contribution in [-0.4, -0.2) is 27.5 Å². The van der Waals surface area contributed by atoms with Crippen molar-refractivity contribution in [2.45, 2.75) is 0 Å². The summed E-state index contributed by atoms with van der Waals surface area (Å²) in [6.45, 7) is 0. The minimum atomic E-state index is -1.28. The molecule has 0 fully saturated rings. The predicted molar refractivity (Wildman–Crippen MR) is 80.2 cm³/mol. The summed E-state index contributed by atoms with van der Waals surface area (Å²) >= 11 is 5.79. The van der Waals surface area contributed by atoms with Crippen LogP contribution in [0, 0.1) is 0 Å². The summed E-state index contributed by atoms with van der Waals surface area (Å²) in [5.74, 6) is -2.96. The van der Waals surface area contributed by atoms with Gasteiger partial charge in [-0.2, -0.15) is 0 Å². The van der Waals surface area contributed by atoms with Crippen LogP contribution in [0.3, 0.4) is 0 Å². The number of hydrogen-bond acceptors (Lipinski definition) is 5. The van der Waals surface area contributed by atoms with E-state index in [1.807, 2.05) is 5.32 Å². The van der Waals surface area contributed by atoms with Gasteiger partial charge in [0.05, 0.1) is 27.4 Å². The highest BCUT2D eigenvalue weighted by Gasteiger charge is 2.31. The Morgan fingerprint density at radius 1 is 1.17 bits per heavy atom. The Hall–Kier alpha value is -3.13. The second-order valence-corrected chi connectivity index (χ2v) is 5.15. The lowest BCUT2D eigenvalue weighted by atomic mass is 10.1. The SMILES string of the molecule is Nc1c2c(cc(=O)n1-c1ccc(Cl)c(C(=O)O)c1)C(=O)NC2=O. The Morgan fingerprint density at radius 2 is 1.87 bits per heavy atom. The molecule has 1 aromatic carbocycles. The van der Waals surface area contributed by atoms with E-state index in [0.717, 1.165) is 16.7 Å². The number of carbonyl (C=O) groups excluding carboxylic acids is 2. The van der Waals surface area contributed by atoms with Crippen LogP contribution in [0.4, 0.5) is 5.82 Å². The summed E-state index contributed by atoms with van der Waals surface area (Å²) in [6, 6.07) is 4.81. The molecule has 0 unspecified atom stereocenters. The van der Waals surface area contributed by atoms with Crippen molar-refractivity contribution in [3.8, 4) is 5.69 Å². The van der Waals surface area contributed by atoms with Crippen molar-refractivity contribution in [1.82, 2.24) is 9.88 Å². The molecular weight excluding hydrogens is 326 g/mol. The number of hydrogen-bond donors (Lipinski definition) is 3. The molecular formula is C14H8ClN3O5. The molecule has 0 aliphatic carbocycles. The summed E-state index contributed by atoms with van der Waals surface area (Å²) in [6.07, 6.45) is 0. The van der Waals surface area contributed by atoms with Crippen LogP contribution in [0.25, 0.3) is 5.69 Å². The fourth-order valence-corrected chi connectivity index (χ4v) is 2.56. The number of amides is 2. The van der Waals surface area contributed by atoms with Crippen LogP contribution in [0.2, 0.25) is 5.02 Å². The average Bonchev–Trinajstić information content (AvgIpc) is 2.75. The van der Waals surface area contributed by atoms with Gasteiger partial charge in [0.15, 0.2) is 0 Å². The van der Waals surface area contributed by atoms with Gasteiger partial charge in [-0.3, -0.25) is 24.3 Å². The van der Waals surface area contributed by atoms with Crippen molar-refractivity contribution in [3.63, 3.8) is 0 Å². The van der Waals surface area contributed by atoms with Gasteiger partial charge in [0, 0.05) is 6.07 Å². The highest BCUT2D eigenvalue weighted by atomic mass is 35.5. The highest BCUT2D eigenvalue weighted by molar-refractivity contribution is 6.33. The molecule has 9 heteroatoms. The zero-order valence-electron chi connectivity index (χ0n) is 11.3. The molecule has 2 amide bonds. The molecule has 23 heavy (non-hydrogen) atoms. The second kappa shape index (κ2) is 4.96. The number of imide groups is 1. The number of fused-ring (bicyclic) bond motifs is 1. The van der Waals surface area contributed by atoms with Crippen molar-refractivity contribution < 1.29 is 19.5 Å². The molecule has 3 rings (SSSR count). The number of nitrogens with one attached hydrogen (secondary N) is 1. The molecule has 8 nitrogen and oxygen atoms in total. The molecule has 116 valence electrons. The topological polar surface area (TPSA) is 131 Å². The number of benzene rings is 1. The quantitative estimate of drug-likeness (QED) is 0.691. The number of halogens is 1. The highest BCUT2D eigenvalue weighted by Crippen LogP contribution is 2.25. The molecule has 0 atom stereocenters. The van der Waals surface area contributed by atoms with E-state index in [9.17, 15) is 19.2 Å². The van der Waals surface area contributed by atoms with Gasteiger partial charge in [-0.1, -0.05) is 11.6 Å². The summed E-state index contributed by atoms with van der Waals surface area (Å²) in [4.78, 5) is 46.7. The van der Waals surface area contributed by atoms with Gasteiger partial charge in [-0.05, 0) is 18.2 Å². The van der Waals surface area contributed by atoms with E-state index in [1.165, 1.54) is 12.1 Å². The van der Waals surface area contributed by atoms with Crippen LogP contribution in [0.15, 0.2) is 29.1 Å². The van der Waals surface area contributed by atoms with Gasteiger partial charge >= 0.3 is 5.97 Å². The van der Waals surface area contributed by atoms with Crippen molar-refractivity contribution in [1.29, 1.82) is 0 Å². The van der Waals surface area contributed by atoms with Gasteiger partial charge in [0.25, 0.3) is 17.4 Å². The van der Waals surface area contributed by atoms with E-state index in [0.29, 0.717) is 0 Å². The molecule has 0 saturated carbocycles. The minimum Gasteiger partial charge on any atom is -0.478 e. The maximum atomic E-state index is 12.2. The first-order valence-corrected chi connectivity index (χ1v) is 6.63. The van der Waals surface area contributed by atoms with E-state index in [2.05, 4.69) is 0 Å². The number of rotatable bonds is 2. The molecule has 0 radical (unpaired) electrons. The normalized spacial score (nSPS) is 12.9. The number of anilines is 1. The molecule has 1 aliphatic heterocycles. The van der Waals surface area contributed by atoms with Crippen LogP contribution in [-0.2, 0) is 0 Å². The Morgan fingerprint density at radius 3 is 2.52 bits per heavy atom. The fourth-order valence-electron chi connectivity index (χ4n) is 2.36. The lowest BCUT2D eigenvalue weighted by Gasteiger charge is -2.12. The Kier molecular flexibility index (Phi) is 3.19. The zero-order chi connectivity index (χ0) is 16.9. The van der Waals surface area contributed by atoms with E-state index in [1.54, 1.807) is 0 Å². The second-order valence-electron chi connectivity index (χ2n) is 4.74. The Balaban J connectivity index is 2.31. The molecule has 2 aromatic rings. The maximum Gasteiger partial charge on any atom is 0.337 e. The summed E-state index contributed by atoms with van der Waals surface area (Å²) in [7, 11) is 0. The monoisotopic (exact) mass is 333 g/mol. The summed E-state index contributed by atoms with van der Waals surface area (Å²) in [5, 5.41) is 11.1. The van der Waals surface area contributed by atoms with E-state index < -0.39 is 23.3 Å². The summed E-state index contributed by atoms with van der Waals surface area (Å²) < 4.78 is 0.944. The number of nitrogens with zero attached hydrogens (tertiary/aromatic N) is 1. The number of carboxylic acids is 1. The third kappa shape index (κ3) is 2.16. The van der Waals surface area contributed by atoms with Crippen molar-refractivity contribution >= 4 is 35.2 Å². The molecule has 2 heterocycles. The largest absolute Gasteiger partial charge is 0.478 e. The van der Waals surface area contributed by atoms with Crippen molar-refractivity contribution in [2.24, 2.45) is 0 Å². The molecule has 0 spiro atoms. The molecule has 0 bridgehead atoms. The Bertz CT molecular complexity index is 964. The van der Waals surface area contributed by atoms with Gasteiger partial charge in [0.2, 0.25) is 0 Å². The van der Waals surface area contributed by atoms with Crippen LogP contribution in [0.1, 0.15) is 31.1 Å². The number of aromatic carboxylic acids is 1. The van der Waals surface area contributed by atoms with Crippen LogP contribution >= 0.6 is 11.6 Å². The lowest BCUT2D eigenvalue weighted by Crippen LogP contribution is -2.24. The smallest absolute Gasteiger partial charge is 0.337 e. The van der Waals surface area contributed by atoms with Crippen LogP contribution in [0.5, 0.6) is 0 Å². The number of nitrogens with two attached hydrogens (primary N) is 1. The van der Waals surface area contributed by atoms with Crippen molar-refractivity contribution in [3.05, 3.63) is 56.3 Å². The number of aromatic nitrogens is 1.